The molecular formula is C12H8BrClF4N2O2. The van der Waals surface area contributed by atoms with E-state index >= 15 is 0 Å². The third kappa shape index (κ3) is 2.79. The smallest absolute Gasteiger partial charge is 0.480 e. The van der Waals surface area contributed by atoms with Crippen LogP contribution in [-0.4, -0.2) is 25.4 Å². The molecule has 1 aromatic heterocycles. The van der Waals surface area contributed by atoms with Gasteiger partial charge in [0.15, 0.2) is 0 Å². The van der Waals surface area contributed by atoms with Gasteiger partial charge in [-0.2, -0.15) is 9.78 Å². The molecular weight excluding hydrogens is 395 g/mol. The van der Waals surface area contributed by atoms with Crippen LogP contribution in [0, 0.1) is 5.41 Å². The number of nitrogens with zero attached hydrogens (tertiary/aromatic N) is 2. The Balaban J connectivity index is 2.57. The van der Waals surface area contributed by atoms with Crippen LogP contribution in [0.3, 0.4) is 0 Å². The van der Waals surface area contributed by atoms with Crippen molar-refractivity contribution in [2.45, 2.75) is 17.8 Å². The summed E-state index contributed by atoms with van der Waals surface area (Å²) >= 11 is 8.47. The molecule has 0 aromatic carbocycles. The number of hydrogen-bond acceptors (Lipinski definition) is 2. The molecule has 0 fully saturated rings. The van der Waals surface area contributed by atoms with E-state index in [4.69, 9.17) is 11.6 Å². The lowest BCUT2D eigenvalue weighted by Crippen LogP contribution is -2.33. The molecule has 0 aliphatic heterocycles. The van der Waals surface area contributed by atoms with Crippen molar-refractivity contribution in [1.82, 2.24) is 9.78 Å². The summed E-state index contributed by atoms with van der Waals surface area (Å²) in [6.07, 6.45) is -2.43. The van der Waals surface area contributed by atoms with Gasteiger partial charge in [0, 0.05) is 16.8 Å². The summed E-state index contributed by atoms with van der Waals surface area (Å²) < 4.78 is 49.5. The first-order chi connectivity index (χ1) is 9.88. The van der Waals surface area contributed by atoms with Gasteiger partial charge < -0.3 is 5.11 Å². The Kier molecular flexibility index (Phi) is 3.93. The number of aliphatic carboxylic acids is 1. The minimum absolute atomic E-state index is 0.301. The highest BCUT2D eigenvalue weighted by Crippen LogP contribution is 2.49. The van der Waals surface area contributed by atoms with Crippen LogP contribution in [0.25, 0.3) is 5.57 Å². The Morgan fingerprint density at radius 2 is 2.05 bits per heavy atom. The van der Waals surface area contributed by atoms with Gasteiger partial charge in [-0.15, -0.1) is 13.2 Å². The van der Waals surface area contributed by atoms with E-state index in [-0.39, 0.29) is 21.0 Å². The van der Waals surface area contributed by atoms with E-state index in [0.29, 0.717) is 6.20 Å². The molecule has 1 aliphatic carbocycles. The van der Waals surface area contributed by atoms with Crippen molar-refractivity contribution in [1.29, 1.82) is 0 Å². The zero-order chi connectivity index (χ0) is 16.9. The fraction of sp³-hybridized carbons (Fsp3) is 0.333. The van der Waals surface area contributed by atoms with Crippen LogP contribution in [0.4, 0.5) is 17.6 Å². The van der Waals surface area contributed by atoms with Crippen LogP contribution in [0.1, 0.15) is 12.6 Å². The van der Waals surface area contributed by atoms with E-state index in [1.54, 1.807) is 0 Å². The molecule has 1 aliphatic rings. The highest BCUT2D eigenvalue weighted by Gasteiger charge is 2.46. The average molecular weight is 404 g/mol. The molecule has 1 heterocycles. The van der Waals surface area contributed by atoms with Crippen LogP contribution in [0.15, 0.2) is 29.4 Å². The van der Waals surface area contributed by atoms with Crippen molar-refractivity contribution in [2.24, 2.45) is 5.41 Å². The largest absolute Gasteiger partial charge is 0.504 e. The Morgan fingerprint density at radius 1 is 1.45 bits per heavy atom. The number of alkyl halides is 5. The minimum Gasteiger partial charge on any atom is -0.480 e. The number of aromatic nitrogens is 2. The van der Waals surface area contributed by atoms with Gasteiger partial charge >= 0.3 is 12.3 Å². The number of hydrogen-bond donors (Lipinski definition) is 1. The fourth-order valence-corrected chi connectivity index (χ4v) is 2.82. The summed E-state index contributed by atoms with van der Waals surface area (Å²) in [5.74, 6) is -1.37. The molecule has 0 spiro atoms. The summed E-state index contributed by atoms with van der Waals surface area (Å²) in [5, 5.41) is 12.2. The third-order valence-electron chi connectivity index (χ3n) is 3.17. The SMILES string of the molecule is CC1(C(=O)O)C=C(c2ccn(C(F)(F)F)n2)C(F)(Br)C=C1Cl. The summed E-state index contributed by atoms with van der Waals surface area (Å²) in [6.45, 7) is 1.21. The Labute approximate surface area is 135 Å². The Bertz CT molecular complexity index is 696. The predicted molar refractivity (Wildman–Crippen MR) is 73.9 cm³/mol. The first kappa shape index (κ1) is 17.0. The van der Waals surface area contributed by atoms with E-state index in [9.17, 15) is 27.5 Å². The second kappa shape index (κ2) is 5.09. The molecule has 0 bridgehead atoms. The Hall–Kier alpha value is -1.35. The van der Waals surface area contributed by atoms with Gasteiger partial charge in [0.25, 0.3) is 0 Å². The first-order valence-corrected chi connectivity index (χ1v) is 6.91. The molecule has 0 saturated heterocycles. The van der Waals surface area contributed by atoms with E-state index < -0.39 is 22.3 Å². The highest BCUT2D eigenvalue weighted by atomic mass is 79.9. The van der Waals surface area contributed by atoms with Gasteiger partial charge in [0.05, 0.1) is 5.69 Å². The van der Waals surface area contributed by atoms with Crippen LogP contribution in [-0.2, 0) is 11.1 Å². The van der Waals surface area contributed by atoms with Crippen molar-refractivity contribution >= 4 is 39.1 Å². The molecule has 0 amide bonds. The van der Waals surface area contributed by atoms with Crippen molar-refractivity contribution < 1.29 is 27.5 Å². The summed E-state index contributed by atoms with van der Waals surface area (Å²) in [6, 6.07) is 0.935. The lowest BCUT2D eigenvalue weighted by Gasteiger charge is -2.31. The van der Waals surface area contributed by atoms with Crippen LogP contribution < -0.4 is 0 Å². The quantitative estimate of drug-likeness (QED) is 0.599. The number of allylic oxidation sites excluding steroid dienone is 2. The second-order valence-corrected chi connectivity index (χ2v) is 6.36. The predicted octanol–water partition coefficient (Wildman–Crippen LogP) is 4.03. The lowest BCUT2D eigenvalue weighted by atomic mass is 9.81. The topological polar surface area (TPSA) is 55.1 Å². The van der Waals surface area contributed by atoms with Crippen molar-refractivity contribution in [3.05, 3.63) is 35.1 Å². The van der Waals surface area contributed by atoms with Gasteiger partial charge in [-0.05, 0) is 35.0 Å². The second-order valence-electron chi connectivity index (χ2n) is 4.79. The molecule has 0 saturated carbocycles. The number of carbonyl (C=O) groups is 1. The number of carboxylic acid groups (broad SMARTS) is 1. The van der Waals surface area contributed by atoms with E-state index in [1.165, 1.54) is 6.92 Å². The average Bonchev–Trinajstić information content (AvgIpc) is 2.82. The molecule has 0 radical (unpaired) electrons. The Morgan fingerprint density at radius 3 is 2.50 bits per heavy atom. The van der Waals surface area contributed by atoms with Gasteiger partial charge in [0.2, 0.25) is 4.58 Å². The molecule has 2 rings (SSSR count). The van der Waals surface area contributed by atoms with E-state index in [1.807, 2.05) is 0 Å². The minimum atomic E-state index is -4.76. The molecule has 120 valence electrons. The third-order valence-corrected chi connectivity index (χ3v) is 4.32. The fourth-order valence-electron chi connectivity index (χ4n) is 1.86. The molecule has 10 heteroatoms. The number of rotatable bonds is 2. The molecule has 2 atom stereocenters. The van der Waals surface area contributed by atoms with Crippen LogP contribution in [0.5, 0.6) is 0 Å². The van der Waals surface area contributed by atoms with Crippen LogP contribution >= 0.6 is 27.5 Å². The molecule has 22 heavy (non-hydrogen) atoms. The molecule has 1 aromatic rings. The monoisotopic (exact) mass is 402 g/mol. The van der Waals surface area contributed by atoms with Crippen molar-refractivity contribution in [2.75, 3.05) is 0 Å². The van der Waals surface area contributed by atoms with Crippen molar-refractivity contribution in [3.63, 3.8) is 0 Å². The zero-order valence-electron chi connectivity index (χ0n) is 10.8. The lowest BCUT2D eigenvalue weighted by molar-refractivity contribution is -0.212. The van der Waals surface area contributed by atoms with Gasteiger partial charge in [-0.25, -0.2) is 4.39 Å². The zero-order valence-corrected chi connectivity index (χ0v) is 13.2. The number of carboxylic acids is 1. The first-order valence-electron chi connectivity index (χ1n) is 5.74. The molecule has 1 N–H and O–H groups in total. The van der Waals surface area contributed by atoms with Crippen molar-refractivity contribution in [3.8, 4) is 0 Å². The number of halogens is 6. The molecule has 2 unspecified atom stereocenters. The van der Waals surface area contributed by atoms with Gasteiger partial charge in [0.1, 0.15) is 5.41 Å². The summed E-state index contributed by atoms with van der Waals surface area (Å²) in [5.41, 5.74) is -2.49. The maximum Gasteiger partial charge on any atom is 0.504 e. The van der Waals surface area contributed by atoms with E-state index in [2.05, 4.69) is 21.0 Å². The van der Waals surface area contributed by atoms with Crippen LogP contribution in [0.2, 0.25) is 0 Å². The summed E-state index contributed by atoms with van der Waals surface area (Å²) in [7, 11) is 0. The van der Waals surface area contributed by atoms with Gasteiger partial charge in [-0.3, -0.25) is 4.79 Å². The standard InChI is InChI=1S/C12H8BrClF4N2O2/c1-10(9(21)22)4-6(11(13,15)5-8(10)14)7-2-3-20(19-7)12(16,17)18/h2-5H,1H3,(H,21,22). The maximum atomic E-state index is 14.5. The van der Waals surface area contributed by atoms with E-state index in [0.717, 1.165) is 18.2 Å². The maximum absolute atomic E-state index is 14.5. The van der Waals surface area contributed by atoms with Gasteiger partial charge in [-0.1, -0.05) is 17.7 Å². The normalized spacial score (nSPS) is 29.0. The summed E-state index contributed by atoms with van der Waals surface area (Å²) in [4.78, 5) is 11.3. The molecule has 4 nitrogen and oxygen atoms in total. The highest BCUT2D eigenvalue weighted by molar-refractivity contribution is 9.10.